The van der Waals surface area contributed by atoms with Gasteiger partial charge in [-0.1, -0.05) is 34.6 Å². The summed E-state index contributed by atoms with van der Waals surface area (Å²) in [6.45, 7) is 14.9. The molecule has 1 aromatic heterocycles. The summed E-state index contributed by atoms with van der Waals surface area (Å²) in [7, 11) is 1.89. The Morgan fingerprint density at radius 3 is 2.29 bits per heavy atom. The molecule has 0 fully saturated rings. The van der Waals surface area contributed by atoms with E-state index in [2.05, 4.69) is 55.2 Å². The maximum absolute atomic E-state index is 5.59. The molecule has 0 unspecified atom stereocenters. The molecule has 0 aromatic carbocycles. The zero-order valence-corrected chi connectivity index (χ0v) is 14.5. The van der Waals surface area contributed by atoms with Gasteiger partial charge in [0.15, 0.2) is 0 Å². The van der Waals surface area contributed by atoms with E-state index in [-0.39, 0.29) is 5.41 Å². The Morgan fingerprint density at radius 2 is 1.76 bits per heavy atom. The maximum Gasteiger partial charge on any atom is 0.138 e. The molecule has 5 heteroatoms. The summed E-state index contributed by atoms with van der Waals surface area (Å²) in [5, 5.41) is 6.50. The molecule has 0 aliphatic heterocycles. The highest BCUT2D eigenvalue weighted by Gasteiger charge is 2.20. The van der Waals surface area contributed by atoms with E-state index < -0.39 is 0 Å². The fraction of sp³-hybridized carbons (Fsp3) is 0.750. The van der Waals surface area contributed by atoms with Gasteiger partial charge < -0.3 is 15.4 Å². The molecule has 1 aromatic rings. The number of rotatable bonds is 7. The van der Waals surface area contributed by atoms with Gasteiger partial charge in [-0.25, -0.2) is 9.97 Å². The van der Waals surface area contributed by atoms with Gasteiger partial charge in [-0.15, -0.1) is 0 Å². The van der Waals surface area contributed by atoms with Crippen LogP contribution in [0.25, 0.3) is 0 Å². The fourth-order valence-electron chi connectivity index (χ4n) is 1.83. The third-order valence-corrected chi connectivity index (χ3v) is 3.04. The van der Waals surface area contributed by atoms with Gasteiger partial charge in [0.25, 0.3) is 0 Å². The summed E-state index contributed by atoms with van der Waals surface area (Å²) in [5.41, 5.74) is 0.957. The molecule has 0 aliphatic carbocycles. The van der Waals surface area contributed by atoms with E-state index in [1.807, 2.05) is 14.0 Å². The molecule has 0 saturated heterocycles. The number of ether oxygens (including phenoxy) is 1. The van der Waals surface area contributed by atoms with Crippen molar-refractivity contribution in [2.45, 2.75) is 47.0 Å². The second-order valence-electron chi connectivity index (χ2n) is 6.76. The van der Waals surface area contributed by atoms with Crippen LogP contribution in [0.5, 0.6) is 0 Å². The van der Waals surface area contributed by atoms with Crippen LogP contribution in [0.3, 0.4) is 0 Å². The van der Waals surface area contributed by atoms with Gasteiger partial charge in [-0.05, 0) is 12.8 Å². The molecular formula is C16H30N4O. The van der Waals surface area contributed by atoms with Crippen molar-refractivity contribution in [3.8, 4) is 0 Å². The number of nitrogens with one attached hydrogen (secondary N) is 2. The molecule has 0 radical (unpaired) electrons. The zero-order valence-electron chi connectivity index (χ0n) is 14.5. The van der Waals surface area contributed by atoms with Crippen LogP contribution in [0.4, 0.5) is 11.6 Å². The van der Waals surface area contributed by atoms with Crippen molar-refractivity contribution in [1.82, 2.24) is 9.97 Å². The minimum absolute atomic E-state index is 0.0795. The van der Waals surface area contributed by atoms with Crippen molar-refractivity contribution in [3.63, 3.8) is 0 Å². The van der Waals surface area contributed by atoms with E-state index in [0.717, 1.165) is 36.2 Å². The Kier molecular flexibility index (Phi) is 6.40. The first kappa shape index (κ1) is 17.7. The fourth-order valence-corrected chi connectivity index (χ4v) is 1.83. The predicted molar refractivity (Wildman–Crippen MR) is 89.2 cm³/mol. The van der Waals surface area contributed by atoms with Crippen LogP contribution in [0.2, 0.25) is 0 Å². The van der Waals surface area contributed by atoms with Gasteiger partial charge in [0.05, 0.1) is 6.61 Å². The summed E-state index contributed by atoms with van der Waals surface area (Å²) < 4.78 is 5.59. The molecule has 2 N–H and O–H groups in total. The van der Waals surface area contributed by atoms with Crippen LogP contribution in [0.1, 0.15) is 46.0 Å². The summed E-state index contributed by atoms with van der Waals surface area (Å²) >= 11 is 0. The molecule has 1 heterocycles. The van der Waals surface area contributed by atoms with E-state index in [4.69, 9.17) is 4.74 Å². The lowest BCUT2D eigenvalue weighted by atomic mass is 9.95. The quantitative estimate of drug-likeness (QED) is 0.756. The van der Waals surface area contributed by atoms with E-state index in [1.54, 1.807) is 0 Å². The summed E-state index contributed by atoms with van der Waals surface area (Å²) in [4.78, 5) is 9.26. The molecular weight excluding hydrogens is 264 g/mol. The van der Waals surface area contributed by atoms with Gasteiger partial charge in [0, 0.05) is 31.2 Å². The predicted octanol–water partition coefficient (Wildman–Crippen LogP) is 3.21. The Bertz CT molecular complexity index is 452. The van der Waals surface area contributed by atoms with Crippen LogP contribution in [-0.2, 0) is 10.2 Å². The lowest BCUT2D eigenvalue weighted by molar-refractivity contribution is 0.118. The number of nitrogens with zero attached hydrogens (tertiary/aromatic N) is 2. The lowest BCUT2D eigenvalue weighted by Gasteiger charge is -2.20. The number of hydrogen-bond donors (Lipinski definition) is 2. The first-order valence-corrected chi connectivity index (χ1v) is 7.64. The average Bonchev–Trinajstić information content (AvgIpc) is 2.38. The third-order valence-electron chi connectivity index (χ3n) is 3.04. The molecule has 0 bridgehead atoms. The van der Waals surface area contributed by atoms with Crippen LogP contribution >= 0.6 is 0 Å². The molecule has 0 saturated carbocycles. The Hall–Kier alpha value is -1.36. The van der Waals surface area contributed by atoms with Crippen molar-refractivity contribution in [2.75, 3.05) is 37.4 Å². The molecule has 0 atom stereocenters. The van der Waals surface area contributed by atoms with Crippen LogP contribution in [-0.4, -0.2) is 36.8 Å². The second-order valence-corrected chi connectivity index (χ2v) is 6.76. The van der Waals surface area contributed by atoms with E-state index >= 15 is 0 Å². The Balaban J connectivity index is 2.76. The molecule has 0 amide bonds. The maximum atomic E-state index is 5.59. The van der Waals surface area contributed by atoms with Gasteiger partial charge >= 0.3 is 0 Å². The molecule has 1 rings (SSSR count). The average molecular weight is 294 g/mol. The van der Waals surface area contributed by atoms with Crippen molar-refractivity contribution in [3.05, 3.63) is 11.4 Å². The van der Waals surface area contributed by atoms with Crippen LogP contribution in [0.15, 0.2) is 0 Å². The van der Waals surface area contributed by atoms with Gasteiger partial charge in [0.1, 0.15) is 17.5 Å². The number of hydrogen-bond acceptors (Lipinski definition) is 5. The topological polar surface area (TPSA) is 59.1 Å². The highest BCUT2D eigenvalue weighted by molar-refractivity contribution is 5.57. The van der Waals surface area contributed by atoms with Crippen LogP contribution < -0.4 is 10.6 Å². The highest BCUT2D eigenvalue weighted by Crippen LogP contribution is 2.25. The van der Waals surface area contributed by atoms with Gasteiger partial charge in [-0.3, -0.25) is 0 Å². The highest BCUT2D eigenvalue weighted by atomic mass is 16.5. The molecule has 120 valence electrons. The standard InChI is InChI=1S/C16H30N4O/c1-11(2)10-21-9-8-18-14-12(3)13(17-7)19-15(20-14)16(4,5)6/h11H,8-10H2,1-7H3,(H2,17,18,19,20). The Morgan fingerprint density at radius 1 is 1.14 bits per heavy atom. The van der Waals surface area contributed by atoms with E-state index in [9.17, 15) is 0 Å². The van der Waals surface area contributed by atoms with Crippen molar-refractivity contribution in [1.29, 1.82) is 0 Å². The lowest BCUT2D eigenvalue weighted by Crippen LogP contribution is -2.20. The SMILES string of the molecule is CNc1nc(C(C)(C)C)nc(NCCOCC(C)C)c1C. The molecule has 0 aliphatic rings. The largest absolute Gasteiger partial charge is 0.379 e. The number of aromatic nitrogens is 2. The monoisotopic (exact) mass is 294 g/mol. The van der Waals surface area contributed by atoms with Crippen LogP contribution in [0, 0.1) is 12.8 Å². The zero-order chi connectivity index (χ0) is 16.0. The molecule has 0 spiro atoms. The van der Waals surface area contributed by atoms with Gasteiger partial charge in [-0.2, -0.15) is 0 Å². The smallest absolute Gasteiger partial charge is 0.138 e. The van der Waals surface area contributed by atoms with Crippen molar-refractivity contribution in [2.24, 2.45) is 5.92 Å². The normalized spacial score (nSPS) is 11.8. The summed E-state index contributed by atoms with van der Waals surface area (Å²) in [6, 6.07) is 0. The third kappa shape index (κ3) is 5.50. The summed E-state index contributed by atoms with van der Waals surface area (Å²) in [6.07, 6.45) is 0. The van der Waals surface area contributed by atoms with E-state index in [0.29, 0.717) is 12.5 Å². The molecule has 21 heavy (non-hydrogen) atoms. The summed E-state index contributed by atoms with van der Waals surface area (Å²) in [5.74, 6) is 3.16. The first-order chi connectivity index (χ1) is 9.75. The Labute approximate surface area is 128 Å². The van der Waals surface area contributed by atoms with Gasteiger partial charge in [0.2, 0.25) is 0 Å². The second kappa shape index (κ2) is 7.59. The minimum atomic E-state index is -0.0795. The van der Waals surface area contributed by atoms with Crippen molar-refractivity contribution >= 4 is 11.6 Å². The molecule has 5 nitrogen and oxygen atoms in total. The van der Waals surface area contributed by atoms with Crippen molar-refractivity contribution < 1.29 is 4.74 Å². The van der Waals surface area contributed by atoms with E-state index in [1.165, 1.54) is 0 Å². The number of anilines is 2. The first-order valence-electron chi connectivity index (χ1n) is 7.64. The minimum Gasteiger partial charge on any atom is -0.379 e.